The van der Waals surface area contributed by atoms with Crippen LogP contribution >= 0.6 is 0 Å². The van der Waals surface area contributed by atoms with E-state index >= 15 is 0 Å². The number of benzene rings is 1. The third kappa shape index (κ3) is 3.07. The van der Waals surface area contributed by atoms with Crippen LogP contribution in [0.4, 0.5) is 4.39 Å². The van der Waals surface area contributed by atoms with E-state index in [2.05, 4.69) is 11.8 Å². The molecule has 0 saturated carbocycles. The summed E-state index contributed by atoms with van der Waals surface area (Å²) in [4.78, 5) is 12.8. The van der Waals surface area contributed by atoms with E-state index in [1.807, 2.05) is 12.1 Å². The lowest BCUT2D eigenvalue weighted by Gasteiger charge is -2.19. The quantitative estimate of drug-likeness (QED) is 0.893. The molecule has 1 aromatic rings. The van der Waals surface area contributed by atoms with Crippen molar-refractivity contribution in [2.75, 3.05) is 13.1 Å². The van der Waals surface area contributed by atoms with Crippen molar-refractivity contribution in [1.29, 1.82) is 0 Å². The van der Waals surface area contributed by atoms with Crippen LogP contribution in [0.3, 0.4) is 0 Å². The van der Waals surface area contributed by atoms with Gasteiger partial charge in [0.05, 0.1) is 6.42 Å². The fraction of sp³-hybridized carbons (Fsp3) is 0.500. The highest BCUT2D eigenvalue weighted by molar-refractivity contribution is 5.66. The molecule has 0 aromatic heterocycles. The standard InChI is InChI=1S/C14H18FNO2/c1-10-8-12(9-16(10)7-6-14(17)18)11-2-4-13(15)5-3-11/h2-5,10,12H,6-9H2,1H3,(H,17,18). The van der Waals surface area contributed by atoms with E-state index in [0.717, 1.165) is 18.5 Å². The number of carboxylic acid groups (broad SMARTS) is 1. The SMILES string of the molecule is CC1CC(c2ccc(F)cc2)CN1CCC(=O)O. The predicted molar refractivity (Wildman–Crippen MR) is 67.0 cm³/mol. The van der Waals surface area contributed by atoms with Crippen molar-refractivity contribution in [3.05, 3.63) is 35.6 Å². The minimum Gasteiger partial charge on any atom is -0.481 e. The van der Waals surface area contributed by atoms with Gasteiger partial charge in [0.1, 0.15) is 5.82 Å². The Kier molecular flexibility index (Phi) is 3.97. The Labute approximate surface area is 106 Å². The fourth-order valence-corrected chi connectivity index (χ4v) is 2.63. The molecule has 1 fully saturated rings. The molecule has 1 N–H and O–H groups in total. The highest BCUT2D eigenvalue weighted by Crippen LogP contribution is 2.31. The lowest BCUT2D eigenvalue weighted by molar-refractivity contribution is -0.137. The molecule has 0 spiro atoms. The number of rotatable bonds is 4. The van der Waals surface area contributed by atoms with E-state index in [-0.39, 0.29) is 12.2 Å². The van der Waals surface area contributed by atoms with Gasteiger partial charge in [-0.2, -0.15) is 0 Å². The Bertz CT molecular complexity index is 418. The zero-order chi connectivity index (χ0) is 13.1. The first kappa shape index (κ1) is 13.0. The summed E-state index contributed by atoms with van der Waals surface area (Å²) >= 11 is 0. The van der Waals surface area contributed by atoms with Gasteiger partial charge in [0.2, 0.25) is 0 Å². The van der Waals surface area contributed by atoms with Gasteiger partial charge in [-0.15, -0.1) is 0 Å². The maximum Gasteiger partial charge on any atom is 0.304 e. The molecule has 0 amide bonds. The number of hydrogen-bond donors (Lipinski definition) is 1. The Morgan fingerprint density at radius 1 is 1.44 bits per heavy atom. The third-order valence-electron chi connectivity index (χ3n) is 3.66. The molecule has 18 heavy (non-hydrogen) atoms. The van der Waals surface area contributed by atoms with Crippen LogP contribution in [0.5, 0.6) is 0 Å². The fourth-order valence-electron chi connectivity index (χ4n) is 2.63. The normalized spacial score (nSPS) is 24.3. The van der Waals surface area contributed by atoms with Crippen molar-refractivity contribution < 1.29 is 14.3 Å². The first-order valence-electron chi connectivity index (χ1n) is 6.27. The molecular weight excluding hydrogens is 233 g/mol. The Hall–Kier alpha value is -1.42. The number of likely N-dealkylation sites (tertiary alicyclic amines) is 1. The number of halogens is 1. The van der Waals surface area contributed by atoms with E-state index in [0.29, 0.717) is 18.5 Å². The smallest absolute Gasteiger partial charge is 0.304 e. The van der Waals surface area contributed by atoms with E-state index in [9.17, 15) is 9.18 Å². The van der Waals surface area contributed by atoms with Crippen LogP contribution in [-0.2, 0) is 4.79 Å². The van der Waals surface area contributed by atoms with Crippen molar-refractivity contribution >= 4 is 5.97 Å². The van der Waals surface area contributed by atoms with Crippen molar-refractivity contribution in [1.82, 2.24) is 4.90 Å². The molecule has 2 atom stereocenters. The van der Waals surface area contributed by atoms with Gasteiger partial charge >= 0.3 is 5.97 Å². The molecule has 2 unspecified atom stereocenters. The summed E-state index contributed by atoms with van der Waals surface area (Å²) in [5.74, 6) is -0.589. The van der Waals surface area contributed by atoms with Crippen LogP contribution in [0.2, 0.25) is 0 Å². The zero-order valence-electron chi connectivity index (χ0n) is 10.5. The van der Waals surface area contributed by atoms with Gasteiger partial charge in [-0.05, 0) is 37.0 Å². The number of carboxylic acids is 1. The summed E-state index contributed by atoms with van der Waals surface area (Å²) in [5, 5.41) is 8.71. The molecule has 98 valence electrons. The predicted octanol–water partition coefficient (Wildman–Crippen LogP) is 2.48. The highest BCUT2D eigenvalue weighted by atomic mass is 19.1. The van der Waals surface area contributed by atoms with E-state index in [1.54, 1.807) is 0 Å². The van der Waals surface area contributed by atoms with Crippen LogP contribution in [0.1, 0.15) is 31.2 Å². The minimum atomic E-state index is -0.757. The van der Waals surface area contributed by atoms with Crippen LogP contribution in [0, 0.1) is 5.82 Å². The second-order valence-electron chi connectivity index (χ2n) is 4.97. The van der Waals surface area contributed by atoms with Crippen LogP contribution in [0.15, 0.2) is 24.3 Å². The third-order valence-corrected chi connectivity index (χ3v) is 3.66. The first-order chi connectivity index (χ1) is 8.56. The number of nitrogens with zero attached hydrogens (tertiary/aromatic N) is 1. The molecule has 0 radical (unpaired) electrons. The summed E-state index contributed by atoms with van der Waals surface area (Å²) in [6.45, 7) is 3.57. The van der Waals surface area contributed by atoms with Gasteiger partial charge in [0, 0.05) is 19.1 Å². The molecule has 2 rings (SSSR count). The molecular formula is C14H18FNO2. The highest BCUT2D eigenvalue weighted by Gasteiger charge is 2.29. The summed E-state index contributed by atoms with van der Waals surface area (Å²) in [7, 11) is 0. The lowest BCUT2D eigenvalue weighted by atomic mass is 9.97. The maximum atomic E-state index is 12.9. The van der Waals surface area contributed by atoms with Crippen LogP contribution < -0.4 is 0 Å². The molecule has 1 aliphatic heterocycles. The monoisotopic (exact) mass is 251 g/mol. The Balaban J connectivity index is 1.97. The van der Waals surface area contributed by atoms with Crippen molar-refractivity contribution in [3.63, 3.8) is 0 Å². The van der Waals surface area contributed by atoms with Crippen molar-refractivity contribution in [3.8, 4) is 0 Å². The van der Waals surface area contributed by atoms with Crippen molar-refractivity contribution in [2.45, 2.75) is 31.7 Å². The van der Waals surface area contributed by atoms with Gasteiger partial charge < -0.3 is 5.11 Å². The lowest BCUT2D eigenvalue weighted by Crippen LogP contribution is -2.29. The zero-order valence-corrected chi connectivity index (χ0v) is 10.5. The topological polar surface area (TPSA) is 40.5 Å². The summed E-state index contributed by atoms with van der Waals surface area (Å²) < 4.78 is 12.9. The maximum absolute atomic E-state index is 12.9. The van der Waals surface area contributed by atoms with Crippen LogP contribution in [0.25, 0.3) is 0 Å². The van der Waals surface area contributed by atoms with Crippen molar-refractivity contribution in [2.24, 2.45) is 0 Å². The van der Waals surface area contributed by atoms with E-state index in [4.69, 9.17) is 5.11 Å². The average Bonchev–Trinajstić information content (AvgIpc) is 2.69. The molecule has 1 aliphatic rings. The molecule has 1 aromatic carbocycles. The Morgan fingerprint density at radius 2 is 2.11 bits per heavy atom. The molecule has 1 saturated heterocycles. The molecule has 4 heteroatoms. The summed E-state index contributed by atoms with van der Waals surface area (Å²) in [6, 6.07) is 7.01. The number of aliphatic carboxylic acids is 1. The summed E-state index contributed by atoms with van der Waals surface area (Å²) in [6.07, 6.45) is 1.19. The molecule has 1 heterocycles. The average molecular weight is 251 g/mol. The first-order valence-corrected chi connectivity index (χ1v) is 6.27. The molecule has 0 bridgehead atoms. The molecule has 3 nitrogen and oxygen atoms in total. The Morgan fingerprint density at radius 3 is 2.72 bits per heavy atom. The minimum absolute atomic E-state index is 0.181. The second kappa shape index (κ2) is 5.48. The largest absolute Gasteiger partial charge is 0.481 e. The van der Waals surface area contributed by atoms with Crippen LogP contribution in [-0.4, -0.2) is 35.1 Å². The van der Waals surface area contributed by atoms with E-state index < -0.39 is 5.97 Å². The van der Waals surface area contributed by atoms with Gasteiger partial charge in [-0.1, -0.05) is 12.1 Å². The van der Waals surface area contributed by atoms with Gasteiger partial charge in [-0.3, -0.25) is 9.69 Å². The van der Waals surface area contributed by atoms with Gasteiger partial charge in [0.15, 0.2) is 0 Å². The van der Waals surface area contributed by atoms with E-state index in [1.165, 1.54) is 12.1 Å². The number of hydrogen-bond acceptors (Lipinski definition) is 2. The van der Waals surface area contributed by atoms with Gasteiger partial charge in [0.25, 0.3) is 0 Å². The second-order valence-corrected chi connectivity index (χ2v) is 4.97. The number of carbonyl (C=O) groups is 1. The summed E-state index contributed by atoms with van der Waals surface area (Å²) in [5.41, 5.74) is 1.14. The molecule has 0 aliphatic carbocycles. The van der Waals surface area contributed by atoms with Gasteiger partial charge in [-0.25, -0.2) is 4.39 Å².